The van der Waals surface area contributed by atoms with E-state index in [9.17, 15) is 12.8 Å². The van der Waals surface area contributed by atoms with Gasteiger partial charge in [0, 0.05) is 17.3 Å². The van der Waals surface area contributed by atoms with Gasteiger partial charge in [-0.15, -0.1) is 0 Å². The Bertz CT molecular complexity index is 779. The number of benzene rings is 2. The van der Waals surface area contributed by atoms with E-state index in [4.69, 9.17) is 17.3 Å². The van der Waals surface area contributed by atoms with Crippen LogP contribution < -0.4 is 10.5 Å². The summed E-state index contributed by atoms with van der Waals surface area (Å²) >= 11 is 5.82. The second kappa shape index (κ2) is 6.01. The fourth-order valence-electron chi connectivity index (χ4n) is 1.86. The van der Waals surface area contributed by atoms with Crippen molar-refractivity contribution in [2.24, 2.45) is 0 Å². The Morgan fingerprint density at radius 3 is 2.67 bits per heavy atom. The lowest BCUT2D eigenvalue weighted by molar-refractivity contribution is 0.553. The number of rotatable bonds is 4. The summed E-state index contributed by atoms with van der Waals surface area (Å²) in [6.07, 6.45) is 0. The number of anilines is 1. The Balaban J connectivity index is 2.27. The summed E-state index contributed by atoms with van der Waals surface area (Å²) in [4.78, 5) is -0.456. The molecule has 0 atom stereocenters. The van der Waals surface area contributed by atoms with Crippen molar-refractivity contribution in [3.8, 4) is 0 Å². The number of nitrogen functional groups attached to an aromatic ring is 1. The second-order valence-corrected chi connectivity index (χ2v) is 6.78. The lowest BCUT2D eigenvalue weighted by atomic mass is 10.2. The van der Waals surface area contributed by atoms with Crippen LogP contribution in [0.5, 0.6) is 0 Å². The van der Waals surface area contributed by atoms with Gasteiger partial charge in [-0.2, -0.15) is 0 Å². The van der Waals surface area contributed by atoms with Gasteiger partial charge < -0.3 is 5.73 Å². The molecule has 7 heteroatoms. The molecule has 2 rings (SSSR count). The van der Waals surface area contributed by atoms with Crippen molar-refractivity contribution in [1.82, 2.24) is 4.72 Å². The van der Waals surface area contributed by atoms with Crippen molar-refractivity contribution >= 4 is 27.3 Å². The first-order valence-electron chi connectivity index (χ1n) is 6.09. The van der Waals surface area contributed by atoms with Crippen LogP contribution in [0.3, 0.4) is 0 Å². The lowest BCUT2D eigenvalue weighted by Crippen LogP contribution is -2.24. The Kier molecular flexibility index (Phi) is 4.51. The molecular formula is C14H14ClFN2O2S. The third-order valence-corrected chi connectivity index (χ3v) is 4.52. The van der Waals surface area contributed by atoms with E-state index in [1.807, 2.05) is 0 Å². The summed E-state index contributed by atoms with van der Waals surface area (Å²) in [5, 5.41) is 0.498. The molecule has 3 N–H and O–H groups in total. The van der Waals surface area contributed by atoms with Crippen LogP contribution in [0.15, 0.2) is 41.3 Å². The van der Waals surface area contributed by atoms with Gasteiger partial charge in [0.05, 0.1) is 0 Å². The first-order valence-corrected chi connectivity index (χ1v) is 7.95. The number of hydrogen-bond donors (Lipinski definition) is 2. The van der Waals surface area contributed by atoms with E-state index in [1.165, 1.54) is 13.0 Å². The summed E-state index contributed by atoms with van der Waals surface area (Å²) in [6.45, 7) is 1.47. The van der Waals surface area contributed by atoms with Crippen LogP contribution in [0.2, 0.25) is 5.02 Å². The Morgan fingerprint density at radius 2 is 2.00 bits per heavy atom. The third kappa shape index (κ3) is 3.72. The predicted molar refractivity (Wildman–Crippen MR) is 81.0 cm³/mol. The molecule has 0 saturated carbocycles. The van der Waals surface area contributed by atoms with E-state index in [0.29, 0.717) is 10.6 Å². The number of halogens is 2. The Hall–Kier alpha value is -1.63. The highest BCUT2D eigenvalue weighted by molar-refractivity contribution is 7.89. The molecule has 0 fully saturated rings. The minimum Gasteiger partial charge on any atom is -0.399 e. The SMILES string of the molecule is Cc1cc(N)cc(S(=O)(=O)NCc2cccc(Cl)c2)c1F. The minimum atomic E-state index is -4.00. The molecule has 0 radical (unpaired) electrons. The highest BCUT2D eigenvalue weighted by Crippen LogP contribution is 2.21. The van der Waals surface area contributed by atoms with E-state index >= 15 is 0 Å². The average Bonchev–Trinajstić information content (AvgIpc) is 2.41. The summed E-state index contributed by atoms with van der Waals surface area (Å²) < 4.78 is 40.7. The van der Waals surface area contributed by atoms with E-state index in [0.717, 1.165) is 6.07 Å². The van der Waals surface area contributed by atoms with Gasteiger partial charge in [0.25, 0.3) is 0 Å². The zero-order valence-electron chi connectivity index (χ0n) is 11.2. The molecule has 4 nitrogen and oxygen atoms in total. The van der Waals surface area contributed by atoms with Crippen molar-refractivity contribution in [3.05, 3.63) is 58.4 Å². The number of aryl methyl sites for hydroxylation is 1. The molecule has 0 unspecified atom stereocenters. The standard InChI is InChI=1S/C14H14ClFN2O2S/c1-9-5-12(17)7-13(14(9)16)21(19,20)18-8-10-3-2-4-11(15)6-10/h2-7,18H,8,17H2,1H3. The molecule has 0 aliphatic rings. The highest BCUT2D eigenvalue weighted by Gasteiger charge is 2.20. The van der Waals surface area contributed by atoms with Crippen molar-refractivity contribution in [1.29, 1.82) is 0 Å². The molecule has 21 heavy (non-hydrogen) atoms. The average molecular weight is 329 g/mol. The van der Waals surface area contributed by atoms with Crippen LogP contribution in [-0.2, 0) is 16.6 Å². The molecule has 0 spiro atoms. The molecule has 0 bridgehead atoms. The number of nitrogens with one attached hydrogen (secondary N) is 1. The third-order valence-electron chi connectivity index (χ3n) is 2.89. The van der Waals surface area contributed by atoms with Gasteiger partial charge in [-0.25, -0.2) is 17.5 Å². The van der Waals surface area contributed by atoms with Gasteiger partial charge >= 0.3 is 0 Å². The number of nitrogens with two attached hydrogens (primary N) is 1. The van der Waals surface area contributed by atoms with Crippen LogP contribution in [-0.4, -0.2) is 8.42 Å². The van der Waals surface area contributed by atoms with E-state index in [-0.39, 0.29) is 17.8 Å². The first kappa shape index (κ1) is 15.8. The summed E-state index contributed by atoms with van der Waals surface area (Å²) in [5.41, 5.74) is 6.62. The molecule has 0 aromatic heterocycles. The largest absolute Gasteiger partial charge is 0.399 e. The predicted octanol–water partition coefficient (Wildman–Crippen LogP) is 2.85. The van der Waals surface area contributed by atoms with Crippen molar-refractivity contribution in [3.63, 3.8) is 0 Å². The van der Waals surface area contributed by atoms with Crippen LogP contribution in [0.1, 0.15) is 11.1 Å². The van der Waals surface area contributed by atoms with E-state index in [2.05, 4.69) is 4.72 Å². The molecule has 0 aliphatic carbocycles. The van der Waals surface area contributed by atoms with Crippen molar-refractivity contribution < 1.29 is 12.8 Å². The second-order valence-electron chi connectivity index (χ2n) is 4.60. The molecule has 0 amide bonds. The summed E-state index contributed by atoms with van der Waals surface area (Å²) in [5.74, 6) is -0.803. The molecule has 2 aromatic carbocycles. The Morgan fingerprint density at radius 1 is 1.29 bits per heavy atom. The molecule has 0 heterocycles. The topological polar surface area (TPSA) is 72.2 Å². The zero-order chi connectivity index (χ0) is 15.6. The van der Waals surface area contributed by atoms with Gasteiger partial charge in [-0.05, 0) is 42.3 Å². The van der Waals surface area contributed by atoms with Crippen molar-refractivity contribution in [2.75, 3.05) is 5.73 Å². The van der Waals surface area contributed by atoms with Gasteiger partial charge in [-0.3, -0.25) is 0 Å². The maximum Gasteiger partial charge on any atom is 0.243 e. The molecular weight excluding hydrogens is 315 g/mol. The maximum absolute atomic E-state index is 14.0. The lowest BCUT2D eigenvalue weighted by Gasteiger charge is -2.10. The molecule has 112 valence electrons. The van der Waals surface area contributed by atoms with Crippen LogP contribution >= 0.6 is 11.6 Å². The van der Waals surface area contributed by atoms with Crippen molar-refractivity contribution in [2.45, 2.75) is 18.4 Å². The highest BCUT2D eigenvalue weighted by atomic mass is 35.5. The maximum atomic E-state index is 14.0. The molecule has 0 aliphatic heterocycles. The number of hydrogen-bond acceptors (Lipinski definition) is 3. The smallest absolute Gasteiger partial charge is 0.243 e. The summed E-state index contributed by atoms with van der Waals surface area (Å²) in [6, 6.07) is 9.21. The monoisotopic (exact) mass is 328 g/mol. The van der Waals surface area contributed by atoms with Gasteiger partial charge in [-0.1, -0.05) is 23.7 Å². The van der Waals surface area contributed by atoms with Crippen LogP contribution in [0.25, 0.3) is 0 Å². The summed E-state index contributed by atoms with van der Waals surface area (Å²) in [7, 11) is -4.00. The zero-order valence-corrected chi connectivity index (χ0v) is 12.8. The van der Waals surface area contributed by atoms with Gasteiger partial charge in [0.1, 0.15) is 10.7 Å². The van der Waals surface area contributed by atoms with E-state index in [1.54, 1.807) is 24.3 Å². The molecule has 2 aromatic rings. The van der Waals surface area contributed by atoms with Gasteiger partial charge in [0.15, 0.2) is 0 Å². The quantitative estimate of drug-likeness (QED) is 0.848. The molecule has 0 saturated heterocycles. The normalized spacial score (nSPS) is 11.6. The van der Waals surface area contributed by atoms with Crippen LogP contribution in [0, 0.1) is 12.7 Å². The van der Waals surface area contributed by atoms with Gasteiger partial charge in [0.2, 0.25) is 10.0 Å². The van der Waals surface area contributed by atoms with Crippen LogP contribution in [0.4, 0.5) is 10.1 Å². The Labute approximate surface area is 127 Å². The first-order chi connectivity index (χ1) is 9.79. The fourth-order valence-corrected chi connectivity index (χ4v) is 3.28. The fraction of sp³-hybridized carbons (Fsp3) is 0.143. The van der Waals surface area contributed by atoms with E-state index < -0.39 is 20.7 Å². The minimum absolute atomic E-state index is 0.0101. The number of sulfonamides is 1.